The Balaban J connectivity index is 0.000000540. The predicted molar refractivity (Wildman–Crippen MR) is 148 cm³/mol. The number of fused-ring (bicyclic) bond motifs is 4. The van der Waals surface area contributed by atoms with E-state index in [4.69, 9.17) is 6.42 Å². The Kier molecular flexibility index (Phi) is 7.57. The minimum Gasteiger partial charge on any atom is -0.393 e. The van der Waals surface area contributed by atoms with E-state index in [1.807, 2.05) is 13.8 Å². The number of aliphatic hydroxyl groups excluding tert-OH is 1. The van der Waals surface area contributed by atoms with Crippen LogP contribution in [0.2, 0.25) is 0 Å². The lowest BCUT2D eigenvalue weighted by molar-refractivity contribution is -0.114. The highest BCUT2D eigenvalue weighted by Crippen LogP contribution is 2.64. The number of allylic oxidation sites excluding steroid dienone is 4. The van der Waals surface area contributed by atoms with E-state index in [0.717, 1.165) is 57.2 Å². The molecule has 5 aliphatic rings. The van der Waals surface area contributed by atoms with Crippen LogP contribution in [0, 0.1) is 47.1 Å². The van der Waals surface area contributed by atoms with Crippen molar-refractivity contribution in [1.82, 2.24) is 0 Å². The van der Waals surface area contributed by atoms with Crippen molar-refractivity contribution in [2.75, 3.05) is 18.0 Å². The van der Waals surface area contributed by atoms with Crippen molar-refractivity contribution in [3.05, 3.63) is 52.1 Å². The summed E-state index contributed by atoms with van der Waals surface area (Å²) in [7, 11) is 0. The fourth-order valence-electron chi connectivity index (χ4n) is 7.95. The van der Waals surface area contributed by atoms with Crippen molar-refractivity contribution in [1.29, 1.82) is 0 Å². The Hall–Kier alpha value is -2.45. The van der Waals surface area contributed by atoms with Crippen LogP contribution in [0.5, 0.6) is 0 Å². The average molecular weight is 522 g/mol. The molecule has 1 N–H and O–H groups in total. The van der Waals surface area contributed by atoms with Crippen molar-refractivity contribution >= 4 is 11.5 Å². The lowest BCUT2D eigenvalue weighted by Gasteiger charge is -2.52. The van der Waals surface area contributed by atoms with Gasteiger partial charge in [0, 0.05) is 42.6 Å². The normalized spacial score (nSPS) is 32.2. The second-order valence-corrected chi connectivity index (χ2v) is 12.5. The van der Waals surface area contributed by atoms with Gasteiger partial charge in [-0.25, -0.2) is 8.78 Å². The Morgan fingerprint density at radius 1 is 1.08 bits per heavy atom. The van der Waals surface area contributed by atoms with Crippen LogP contribution < -0.4 is 4.90 Å². The third-order valence-corrected chi connectivity index (χ3v) is 9.90. The van der Waals surface area contributed by atoms with Gasteiger partial charge in [0.2, 0.25) is 0 Å². The minimum absolute atomic E-state index is 0.161. The maximum atomic E-state index is 15.7. The van der Waals surface area contributed by atoms with Gasteiger partial charge in [-0.1, -0.05) is 26.3 Å². The number of halogens is 2. The maximum absolute atomic E-state index is 15.7. The quantitative estimate of drug-likeness (QED) is 0.422. The van der Waals surface area contributed by atoms with E-state index >= 15 is 8.78 Å². The number of carbonyl (C=O) groups is 1. The highest BCUT2D eigenvalue weighted by Gasteiger charge is 2.57. The second kappa shape index (κ2) is 10.6. The highest BCUT2D eigenvalue weighted by molar-refractivity contribution is 5.93. The zero-order valence-corrected chi connectivity index (χ0v) is 23.0. The first-order valence-electron chi connectivity index (χ1n) is 14.5. The molecule has 2 saturated carbocycles. The molecule has 1 aromatic rings. The molecule has 5 atom stereocenters. The van der Waals surface area contributed by atoms with Gasteiger partial charge in [-0.05, 0) is 98.0 Å². The van der Waals surface area contributed by atoms with Gasteiger partial charge >= 0.3 is 0 Å². The van der Waals surface area contributed by atoms with Gasteiger partial charge in [0.25, 0.3) is 0 Å². The number of hydrogen-bond donors (Lipinski definition) is 1. The predicted octanol–water partition coefficient (Wildman–Crippen LogP) is 7.10. The standard InChI is InChI=1S/C28H33F2NO2.C5H8/c1-28-15-21(27-23(29)13-17(14-24(27)30)31-10-2-3-11-31)26-19-7-5-18(32)12-16(19)4-6-20(26)22(28)8-9-25(28)33;1-4-5(2)3/h12-14,20-22,25,33H,2-11,15H2,1H3;1,5H,2-3H3. The molecular weight excluding hydrogens is 480 g/mol. The van der Waals surface area contributed by atoms with Crippen LogP contribution in [0.1, 0.15) is 90.0 Å². The van der Waals surface area contributed by atoms with Gasteiger partial charge in [-0.2, -0.15) is 0 Å². The third-order valence-electron chi connectivity index (χ3n) is 9.90. The van der Waals surface area contributed by atoms with E-state index in [1.54, 1.807) is 6.08 Å². The van der Waals surface area contributed by atoms with Crippen LogP contribution in [-0.4, -0.2) is 30.1 Å². The van der Waals surface area contributed by atoms with Crippen molar-refractivity contribution < 1.29 is 18.7 Å². The Labute approximate surface area is 226 Å². The summed E-state index contributed by atoms with van der Waals surface area (Å²) in [6, 6.07) is 3.04. The number of ketones is 1. The number of hydrogen-bond acceptors (Lipinski definition) is 3. The Bertz CT molecular complexity index is 1180. The highest BCUT2D eigenvalue weighted by atomic mass is 19.1. The van der Waals surface area contributed by atoms with E-state index < -0.39 is 17.7 Å². The number of anilines is 1. The molecule has 5 heteroatoms. The summed E-state index contributed by atoms with van der Waals surface area (Å²) in [5.74, 6) is 2.34. The summed E-state index contributed by atoms with van der Waals surface area (Å²) >= 11 is 0. The van der Waals surface area contributed by atoms with Crippen molar-refractivity contribution in [3.8, 4) is 12.3 Å². The van der Waals surface area contributed by atoms with Crippen LogP contribution in [0.4, 0.5) is 14.5 Å². The SMILES string of the molecule is C#CC(C)C.CC12CC(c3c(F)cc(N4CCCC4)cc3F)C3=C4CCC(=O)C=C4CCC3C1CCC2O. The third kappa shape index (κ3) is 4.75. The number of aliphatic hydroxyl groups is 1. The molecule has 3 nitrogen and oxygen atoms in total. The molecule has 0 bridgehead atoms. The van der Waals surface area contributed by atoms with E-state index in [1.165, 1.54) is 23.3 Å². The average Bonchev–Trinajstić information content (AvgIpc) is 3.52. The van der Waals surface area contributed by atoms with Crippen LogP contribution in [0.3, 0.4) is 0 Å². The summed E-state index contributed by atoms with van der Waals surface area (Å²) in [4.78, 5) is 14.2. The summed E-state index contributed by atoms with van der Waals surface area (Å²) in [5.41, 5.74) is 3.90. The monoisotopic (exact) mass is 521 g/mol. The van der Waals surface area contributed by atoms with E-state index in [0.29, 0.717) is 36.8 Å². The first-order valence-corrected chi connectivity index (χ1v) is 14.5. The number of benzene rings is 1. The number of terminal acetylenes is 1. The summed E-state index contributed by atoms with van der Waals surface area (Å²) in [5, 5.41) is 11.0. The second-order valence-electron chi connectivity index (χ2n) is 12.5. The number of carbonyl (C=O) groups excluding carboxylic acids is 1. The molecule has 0 amide bonds. The van der Waals surface area contributed by atoms with Crippen LogP contribution >= 0.6 is 0 Å². The fraction of sp³-hybridized carbons (Fsp3) is 0.606. The lowest BCUT2D eigenvalue weighted by Crippen LogP contribution is -2.45. The van der Waals surface area contributed by atoms with E-state index in [2.05, 4.69) is 17.7 Å². The van der Waals surface area contributed by atoms with Crippen LogP contribution in [-0.2, 0) is 4.79 Å². The molecule has 38 heavy (non-hydrogen) atoms. The van der Waals surface area contributed by atoms with E-state index in [-0.39, 0.29) is 28.6 Å². The number of rotatable bonds is 2. The molecule has 0 spiro atoms. The van der Waals surface area contributed by atoms with E-state index in [9.17, 15) is 9.90 Å². The molecule has 1 aromatic carbocycles. The molecule has 204 valence electrons. The van der Waals surface area contributed by atoms with Crippen molar-refractivity contribution in [2.45, 2.75) is 90.6 Å². The Morgan fingerprint density at radius 2 is 1.74 bits per heavy atom. The summed E-state index contributed by atoms with van der Waals surface area (Å²) in [6.07, 6.45) is 13.6. The molecule has 1 aliphatic heterocycles. The molecular formula is C33H41F2NO2. The summed E-state index contributed by atoms with van der Waals surface area (Å²) in [6.45, 7) is 7.79. The number of nitrogens with zero attached hydrogens (tertiary/aromatic N) is 1. The fourth-order valence-corrected chi connectivity index (χ4v) is 7.95. The minimum atomic E-state index is -0.466. The molecule has 0 radical (unpaired) electrons. The topological polar surface area (TPSA) is 40.5 Å². The van der Waals surface area contributed by atoms with Gasteiger partial charge in [0.15, 0.2) is 5.78 Å². The van der Waals surface area contributed by atoms with Gasteiger partial charge in [0.05, 0.1) is 6.10 Å². The molecule has 1 saturated heterocycles. The van der Waals surface area contributed by atoms with Gasteiger partial charge in [-0.3, -0.25) is 4.79 Å². The zero-order chi connectivity index (χ0) is 27.2. The largest absolute Gasteiger partial charge is 0.393 e. The molecule has 6 rings (SSSR count). The van der Waals surface area contributed by atoms with Crippen LogP contribution in [0.25, 0.3) is 0 Å². The van der Waals surface area contributed by atoms with Crippen LogP contribution in [0.15, 0.2) is 34.9 Å². The Morgan fingerprint density at radius 3 is 2.37 bits per heavy atom. The van der Waals surface area contributed by atoms with Crippen molar-refractivity contribution in [2.24, 2.45) is 23.2 Å². The van der Waals surface area contributed by atoms with Crippen molar-refractivity contribution in [3.63, 3.8) is 0 Å². The smallest absolute Gasteiger partial charge is 0.156 e. The van der Waals surface area contributed by atoms with Gasteiger partial charge in [-0.15, -0.1) is 12.3 Å². The zero-order valence-electron chi connectivity index (χ0n) is 23.0. The first-order chi connectivity index (χ1) is 18.1. The first kappa shape index (κ1) is 27.1. The molecule has 4 aliphatic carbocycles. The molecule has 5 unspecified atom stereocenters. The molecule has 0 aromatic heterocycles. The maximum Gasteiger partial charge on any atom is 0.156 e. The molecule has 3 fully saturated rings. The molecule has 1 heterocycles. The summed E-state index contributed by atoms with van der Waals surface area (Å²) < 4.78 is 31.5. The lowest BCUT2D eigenvalue weighted by atomic mass is 9.53. The van der Waals surface area contributed by atoms with Gasteiger partial charge in [0.1, 0.15) is 11.6 Å². The van der Waals surface area contributed by atoms with Gasteiger partial charge < -0.3 is 10.0 Å².